The van der Waals surface area contributed by atoms with E-state index in [1.54, 1.807) is 30.6 Å². The van der Waals surface area contributed by atoms with Crippen LogP contribution in [-0.2, 0) is 0 Å². The summed E-state index contributed by atoms with van der Waals surface area (Å²) in [5, 5.41) is 9.49. The highest BCUT2D eigenvalue weighted by atomic mass is 35.5. The lowest BCUT2D eigenvalue weighted by molar-refractivity contribution is 1.31. The third-order valence-corrected chi connectivity index (χ3v) is 4.05. The van der Waals surface area contributed by atoms with Crippen LogP contribution < -0.4 is 0 Å². The molecule has 2 nitrogen and oxygen atoms in total. The maximum atomic E-state index is 9.22. The molecule has 0 saturated heterocycles. The van der Waals surface area contributed by atoms with E-state index >= 15 is 0 Å². The molecule has 0 spiro atoms. The zero-order valence-corrected chi connectivity index (χ0v) is 11.9. The van der Waals surface area contributed by atoms with Gasteiger partial charge in [0.25, 0.3) is 0 Å². The largest absolute Gasteiger partial charge is 0.264 e. The summed E-state index contributed by atoms with van der Waals surface area (Å²) < 4.78 is 0.985. The maximum Gasteiger partial charge on any atom is 0.103 e. The van der Waals surface area contributed by atoms with Crippen molar-refractivity contribution >= 4 is 56.7 Å². The van der Waals surface area contributed by atoms with E-state index in [4.69, 9.17) is 34.8 Å². The molecule has 2 rings (SSSR count). The topological polar surface area (TPSA) is 36.7 Å². The van der Waals surface area contributed by atoms with Crippen molar-refractivity contribution in [3.05, 3.63) is 50.4 Å². The Hall–Kier alpha value is -1.05. The van der Waals surface area contributed by atoms with Gasteiger partial charge in [0, 0.05) is 23.5 Å². The summed E-state index contributed by atoms with van der Waals surface area (Å²) in [6.45, 7) is 0. The van der Waals surface area contributed by atoms with Crippen LogP contribution in [0.25, 0.3) is 10.6 Å². The van der Waals surface area contributed by atoms with Gasteiger partial charge >= 0.3 is 0 Å². The van der Waals surface area contributed by atoms with Gasteiger partial charge in [-0.05, 0) is 12.1 Å². The number of aromatic nitrogens is 1. The highest BCUT2D eigenvalue weighted by Crippen LogP contribution is 2.39. The van der Waals surface area contributed by atoms with Gasteiger partial charge < -0.3 is 0 Å². The average molecular weight is 316 g/mol. The Balaban J connectivity index is 2.58. The fourth-order valence-electron chi connectivity index (χ4n) is 1.38. The standard InChI is InChI=1S/C12H5Cl3N2S/c13-10-4-8(12(15)18-10)11(14)9(5-16)7-2-1-3-17-6-7/h1-4,6H/b11-9-. The summed E-state index contributed by atoms with van der Waals surface area (Å²) in [6.07, 6.45) is 3.20. The van der Waals surface area contributed by atoms with E-state index in [1.807, 2.05) is 0 Å². The van der Waals surface area contributed by atoms with Gasteiger partial charge in [0.2, 0.25) is 0 Å². The molecule has 6 heteroatoms. The number of halogens is 3. The minimum Gasteiger partial charge on any atom is -0.264 e. The molecule has 0 atom stereocenters. The van der Waals surface area contributed by atoms with Crippen molar-refractivity contribution in [1.82, 2.24) is 4.98 Å². The molecule has 0 saturated carbocycles. The minimum atomic E-state index is 0.277. The van der Waals surface area contributed by atoms with E-state index in [1.165, 1.54) is 11.3 Å². The highest BCUT2D eigenvalue weighted by molar-refractivity contribution is 7.20. The van der Waals surface area contributed by atoms with Crippen molar-refractivity contribution in [3.63, 3.8) is 0 Å². The van der Waals surface area contributed by atoms with Gasteiger partial charge in [0.1, 0.15) is 10.4 Å². The van der Waals surface area contributed by atoms with Gasteiger partial charge in [0.05, 0.1) is 14.9 Å². The molecule has 0 aliphatic rings. The molecular weight excluding hydrogens is 311 g/mol. The number of pyridine rings is 1. The van der Waals surface area contributed by atoms with Gasteiger partial charge in [-0.15, -0.1) is 11.3 Å². The van der Waals surface area contributed by atoms with Crippen LogP contribution in [0.15, 0.2) is 30.6 Å². The van der Waals surface area contributed by atoms with Crippen LogP contribution in [0.2, 0.25) is 8.67 Å². The van der Waals surface area contributed by atoms with Gasteiger partial charge in [0.15, 0.2) is 0 Å². The Bertz CT molecular complexity index is 641. The first-order valence-corrected chi connectivity index (χ1v) is 6.74. The number of rotatable bonds is 2. The molecule has 2 heterocycles. The Morgan fingerprint density at radius 3 is 2.67 bits per heavy atom. The average Bonchev–Trinajstić information content (AvgIpc) is 2.70. The molecule has 18 heavy (non-hydrogen) atoms. The molecule has 2 aromatic heterocycles. The van der Waals surface area contributed by atoms with Crippen molar-refractivity contribution in [1.29, 1.82) is 5.26 Å². The van der Waals surface area contributed by atoms with E-state index in [-0.39, 0.29) is 5.03 Å². The second-order valence-corrected chi connectivity index (χ2v) is 5.94. The minimum absolute atomic E-state index is 0.277. The summed E-state index contributed by atoms with van der Waals surface area (Å²) in [6, 6.07) is 7.20. The van der Waals surface area contributed by atoms with Crippen LogP contribution in [0.1, 0.15) is 11.1 Å². The number of nitrogens with zero attached hydrogens (tertiary/aromatic N) is 2. The Labute approximate surface area is 123 Å². The monoisotopic (exact) mass is 314 g/mol. The second kappa shape index (κ2) is 5.73. The normalized spacial score (nSPS) is 11.9. The van der Waals surface area contributed by atoms with E-state index in [2.05, 4.69) is 11.1 Å². The van der Waals surface area contributed by atoms with Crippen LogP contribution in [0.4, 0.5) is 0 Å². The first kappa shape index (κ1) is 13.4. The molecule has 2 aromatic rings. The molecule has 0 aliphatic carbocycles. The quantitative estimate of drug-likeness (QED) is 0.725. The number of nitriles is 1. The van der Waals surface area contributed by atoms with Gasteiger partial charge in [-0.3, -0.25) is 4.98 Å². The Kier molecular flexibility index (Phi) is 4.26. The van der Waals surface area contributed by atoms with Crippen molar-refractivity contribution in [2.45, 2.75) is 0 Å². The lowest BCUT2D eigenvalue weighted by Crippen LogP contribution is -1.86. The van der Waals surface area contributed by atoms with Crippen LogP contribution in [0.5, 0.6) is 0 Å². The summed E-state index contributed by atoms with van der Waals surface area (Å²) in [7, 11) is 0. The Morgan fingerprint density at radius 1 is 1.39 bits per heavy atom. The number of hydrogen-bond donors (Lipinski definition) is 0. The van der Waals surface area contributed by atoms with Gasteiger partial charge in [-0.1, -0.05) is 40.9 Å². The van der Waals surface area contributed by atoms with Crippen LogP contribution in [0, 0.1) is 11.3 Å². The molecular formula is C12H5Cl3N2S. The van der Waals surface area contributed by atoms with Crippen LogP contribution in [0.3, 0.4) is 0 Å². The molecule has 0 N–H and O–H groups in total. The lowest BCUT2D eigenvalue weighted by Gasteiger charge is -2.02. The third kappa shape index (κ3) is 2.68. The molecule has 0 aliphatic heterocycles. The van der Waals surface area contributed by atoms with Crippen LogP contribution in [-0.4, -0.2) is 4.98 Å². The van der Waals surface area contributed by atoms with Gasteiger partial charge in [-0.25, -0.2) is 0 Å². The molecule has 0 fully saturated rings. The molecule has 90 valence electrons. The van der Waals surface area contributed by atoms with E-state index < -0.39 is 0 Å². The predicted octanol–water partition coefficient (Wildman–Crippen LogP) is 5.08. The van der Waals surface area contributed by atoms with E-state index in [9.17, 15) is 5.26 Å². The Morgan fingerprint density at radius 2 is 2.17 bits per heavy atom. The first-order chi connectivity index (χ1) is 8.63. The fraction of sp³-hybridized carbons (Fsp3) is 0. The molecule has 0 bridgehead atoms. The SMILES string of the molecule is N#C/C(=C(/Cl)c1cc(Cl)sc1Cl)c1cccnc1. The van der Waals surface area contributed by atoms with Crippen molar-refractivity contribution in [2.24, 2.45) is 0 Å². The lowest BCUT2D eigenvalue weighted by atomic mass is 10.1. The van der Waals surface area contributed by atoms with Gasteiger partial charge in [-0.2, -0.15) is 5.26 Å². The fourth-order valence-corrected chi connectivity index (χ4v) is 3.26. The van der Waals surface area contributed by atoms with Crippen LogP contribution >= 0.6 is 46.1 Å². The smallest absolute Gasteiger partial charge is 0.103 e. The number of hydrogen-bond acceptors (Lipinski definition) is 3. The zero-order chi connectivity index (χ0) is 13.1. The first-order valence-electron chi connectivity index (χ1n) is 4.79. The zero-order valence-electron chi connectivity index (χ0n) is 8.82. The number of allylic oxidation sites excluding steroid dienone is 1. The maximum absolute atomic E-state index is 9.22. The summed E-state index contributed by atoms with van der Waals surface area (Å²) >= 11 is 19.3. The summed E-state index contributed by atoms with van der Waals surface area (Å²) in [5.41, 5.74) is 1.53. The molecule has 0 amide bonds. The third-order valence-electron chi connectivity index (χ3n) is 2.17. The number of thiophene rings is 1. The highest BCUT2D eigenvalue weighted by Gasteiger charge is 2.15. The molecule has 0 radical (unpaired) electrons. The second-order valence-electron chi connectivity index (χ2n) is 3.28. The molecule has 0 aromatic carbocycles. The van der Waals surface area contributed by atoms with E-state index in [0.717, 1.165) is 0 Å². The van der Waals surface area contributed by atoms with Crippen molar-refractivity contribution in [3.8, 4) is 6.07 Å². The molecule has 0 unspecified atom stereocenters. The summed E-state index contributed by atoms with van der Waals surface area (Å²) in [5.74, 6) is 0. The van der Waals surface area contributed by atoms with Crippen molar-refractivity contribution < 1.29 is 0 Å². The van der Waals surface area contributed by atoms with E-state index in [0.29, 0.717) is 25.4 Å². The van der Waals surface area contributed by atoms with Crippen molar-refractivity contribution in [2.75, 3.05) is 0 Å². The summed E-state index contributed by atoms with van der Waals surface area (Å²) in [4.78, 5) is 3.96. The predicted molar refractivity (Wildman–Crippen MR) is 76.9 cm³/mol.